The number of benzene rings is 1. The van der Waals surface area contributed by atoms with Crippen molar-refractivity contribution in [1.29, 1.82) is 0 Å². The van der Waals surface area contributed by atoms with Crippen LogP contribution in [0.25, 0.3) is 0 Å². The number of nitrogens with one attached hydrogen (secondary N) is 2. The molecule has 1 fully saturated rings. The summed E-state index contributed by atoms with van der Waals surface area (Å²) < 4.78 is 0. The highest BCUT2D eigenvalue weighted by atomic mass is 32.2. The molecule has 0 aliphatic carbocycles. The van der Waals surface area contributed by atoms with Gasteiger partial charge in [0.25, 0.3) is 0 Å². The summed E-state index contributed by atoms with van der Waals surface area (Å²) in [6.45, 7) is 3.80. The maximum atomic E-state index is 4.56. The van der Waals surface area contributed by atoms with Gasteiger partial charge in [0, 0.05) is 36.8 Å². The molecule has 2 aliphatic heterocycles. The smallest absolute Gasteiger partial charge is 0.231 e. The molecule has 3 heterocycles. The zero-order valence-corrected chi connectivity index (χ0v) is 13.8. The zero-order chi connectivity index (χ0) is 15.5. The summed E-state index contributed by atoms with van der Waals surface area (Å²) in [6.07, 6.45) is 3.99. The van der Waals surface area contributed by atoms with E-state index in [0.29, 0.717) is 5.95 Å². The molecule has 120 valence electrons. The Balaban J connectivity index is 1.52. The Hall–Kier alpha value is -1.86. The van der Waals surface area contributed by atoms with Crippen LogP contribution in [0, 0.1) is 0 Å². The molecule has 0 amide bonds. The molecule has 0 atom stereocenters. The van der Waals surface area contributed by atoms with E-state index in [2.05, 4.69) is 48.7 Å². The van der Waals surface area contributed by atoms with E-state index in [-0.39, 0.29) is 0 Å². The average molecular weight is 328 g/mol. The molecular formula is C16H20N6S. The molecule has 1 aromatic heterocycles. The molecular weight excluding hydrogens is 308 g/mol. The van der Waals surface area contributed by atoms with Crippen molar-refractivity contribution in [3.63, 3.8) is 0 Å². The molecule has 0 bridgehead atoms. The highest BCUT2D eigenvalue weighted by Crippen LogP contribution is 2.32. The van der Waals surface area contributed by atoms with E-state index < -0.39 is 0 Å². The normalized spacial score (nSPS) is 17.7. The first-order valence-corrected chi connectivity index (χ1v) is 9.04. The van der Waals surface area contributed by atoms with Gasteiger partial charge in [-0.05, 0) is 42.4 Å². The molecule has 23 heavy (non-hydrogen) atoms. The van der Waals surface area contributed by atoms with Crippen molar-refractivity contribution in [3.8, 4) is 0 Å². The van der Waals surface area contributed by atoms with Crippen molar-refractivity contribution in [2.45, 2.75) is 17.7 Å². The fraction of sp³-hybridized carbons (Fsp3) is 0.438. The van der Waals surface area contributed by atoms with Crippen molar-refractivity contribution >= 4 is 29.3 Å². The quantitative estimate of drug-likeness (QED) is 0.894. The summed E-state index contributed by atoms with van der Waals surface area (Å²) in [4.78, 5) is 16.7. The number of hydrogen-bond acceptors (Lipinski definition) is 7. The molecule has 2 aromatic rings. The lowest BCUT2D eigenvalue weighted by Crippen LogP contribution is -2.44. The molecule has 6 nitrogen and oxygen atoms in total. The first-order valence-electron chi connectivity index (χ1n) is 8.06. The van der Waals surface area contributed by atoms with Crippen molar-refractivity contribution in [1.82, 2.24) is 20.3 Å². The number of aryl methyl sites for hydroxylation is 1. The highest BCUT2D eigenvalue weighted by molar-refractivity contribution is 7.99. The minimum absolute atomic E-state index is 0.608. The van der Waals surface area contributed by atoms with Gasteiger partial charge in [-0.2, -0.15) is 4.98 Å². The second kappa shape index (κ2) is 6.72. The van der Waals surface area contributed by atoms with Crippen molar-refractivity contribution in [2.75, 3.05) is 42.1 Å². The maximum Gasteiger partial charge on any atom is 0.231 e. The summed E-state index contributed by atoms with van der Waals surface area (Å²) in [7, 11) is 0. The Morgan fingerprint density at radius 3 is 3.00 bits per heavy atom. The highest BCUT2D eigenvalue weighted by Gasteiger charge is 2.14. The average Bonchev–Trinajstić information content (AvgIpc) is 2.63. The van der Waals surface area contributed by atoms with E-state index in [9.17, 15) is 0 Å². The molecule has 1 aromatic carbocycles. The Labute approximate surface area is 140 Å². The molecule has 0 saturated carbocycles. The van der Waals surface area contributed by atoms with Crippen LogP contribution >= 0.6 is 11.8 Å². The van der Waals surface area contributed by atoms with Crippen LogP contribution in [0.5, 0.6) is 0 Å². The molecule has 0 spiro atoms. The van der Waals surface area contributed by atoms with Gasteiger partial charge in [-0.1, -0.05) is 0 Å². The number of fused-ring (bicyclic) bond motifs is 1. The fourth-order valence-corrected chi connectivity index (χ4v) is 3.95. The zero-order valence-electron chi connectivity index (χ0n) is 13.0. The number of piperazine rings is 1. The minimum atomic E-state index is 0.608. The lowest BCUT2D eigenvalue weighted by molar-refractivity contribution is 0.579. The Morgan fingerprint density at radius 2 is 2.09 bits per heavy atom. The minimum Gasteiger partial charge on any atom is -0.338 e. The number of nitrogens with zero attached hydrogens (tertiary/aromatic N) is 4. The Kier molecular flexibility index (Phi) is 4.30. The predicted octanol–water partition coefficient (Wildman–Crippen LogP) is 2.06. The van der Waals surface area contributed by atoms with Crippen molar-refractivity contribution < 1.29 is 0 Å². The lowest BCUT2D eigenvalue weighted by atomic mass is 10.1. The molecule has 0 unspecified atom stereocenters. The summed E-state index contributed by atoms with van der Waals surface area (Å²) in [5.41, 5.74) is 2.46. The van der Waals surface area contributed by atoms with Gasteiger partial charge in [-0.15, -0.1) is 11.8 Å². The summed E-state index contributed by atoms with van der Waals surface area (Å²) >= 11 is 1.94. The number of anilines is 3. The number of thioether (sulfide) groups is 1. The molecule has 1 saturated heterocycles. The lowest BCUT2D eigenvalue weighted by Gasteiger charge is -2.27. The standard InChI is InChI=1S/C16H20N6S/c1-2-12-10-13(3-4-14(12)23-9-1)20-15-18-11-19-16(21-15)22-7-5-17-6-8-22/h3-4,10-11,17H,1-2,5-9H2,(H,18,19,20,21). The molecule has 2 N–H and O–H groups in total. The third kappa shape index (κ3) is 3.40. The number of hydrogen-bond donors (Lipinski definition) is 2. The topological polar surface area (TPSA) is 66.0 Å². The van der Waals surface area contributed by atoms with Crippen LogP contribution in [-0.2, 0) is 6.42 Å². The molecule has 0 radical (unpaired) electrons. The van der Waals surface area contributed by atoms with Gasteiger partial charge in [-0.3, -0.25) is 0 Å². The fourth-order valence-electron chi connectivity index (χ4n) is 2.93. The third-order valence-electron chi connectivity index (χ3n) is 4.12. The van der Waals surface area contributed by atoms with Crippen molar-refractivity contribution in [3.05, 3.63) is 30.1 Å². The van der Waals surface area contributed by atoms with Crippen LogP contribution in [0.15, 0.2) is 29.4 Å². The summed E-state index contributed by atoms with van der Waals surface area (Å²) in [5.74, 6) is 2.58. The second-order valence-electron chi connectivity index (χ2n) is 5.75. The monoisotopic (exact) mass is 328 g/mol. The van der Waals surface area contributed by atoms with E-state index in [4.69, 9.17) is 0 Å². The van der Waals surface area contributed by atoms with Crippen LogP contribution in [0.3, 0.4) is 0 Å². The van der Waals surface area contributed by atoms with Crippen molar-refractivity contribution in [2.24, 2.45) is 0 Å². The summed E-state index contributed by atoms with van der Waals surface area (Å²) in [6, 6.07) is 6.51. The second-order valence-corrected chi connectivity index (χ2v) is 6.88. The number of rotatable bonds is 3. The van der Waals surface area contributed by atoms with Gasteiger partial charge < -0.3 is 15.5 Å². The Morgan fingerprint density at radius 1 is 1.17 bits per heavy atom. The van der Waals surface area contributed by atoms with E-state index in [1.807, 2.05) is 11.8 Å². The van der Waals surface area contributed by atoms with E-state index >= 15 is 0 Å². The Bertz CT molecular complexity index is 686. The van der Waals surface area contributed by atoms with Crippen LogP contribution in [0.1, 0.15) is 12.0 Å². The number of aromatic nitrogens is 3. The molecule has 7 heteroatoms. The van der Waals surface area contributed by atoms with Gasteiger partial charge in [0.2, 0.25) is 11.9 Å². The van der Waals surface area contributed by atoms with Gasteiger partial charge in [0.15, 0.2) is 0 Å². The van der Waals surface area contributed by atoms with Crippen LogP contribution in [0.2, 0.25) is 0 Å². The molecule has 4 rings (SSSR count). The molecule has 2 aliphatic rings. The third-order valence-corrected chi connectivity index (χ3v) is 5.33. The van der Waals surface area contributed by atoms with Crippen LogP contribution in [0.4, 0.5) is 17.6 Å². The van der Waals surface area contributed by atoms with E-state index in [0.717, 1.165) is 44.2 Å². The first kappa shape index (κ1) is 14.7. The van der Waals surface area contributed by atoms with Gasteiger partial charge in [0.05, 0.1) is 0 Å². The van der Waals surface area contributed by atoms with Gasteiger partial charge in [-0.25, -0.2) is 9.97 Å². The van der Waals surface area contributed by atoms with Gasteiger partial charge >= 0.3 is 0 Å². The maximum absolute atomic E-state index is 4.56. The van der Waals surface area contributed by atoms with Crippen LogP contribution in [-0.4, -0.2) is 46.9 Å². The van der Waals surface area contributed by atoms with E-state index in [1.54, 1.807) is 6.33 Å². The first-order chi connectivity index (χ1) is 11.4. The van der Waals surface area contributed by atoms with Gasteiger partial charge in [0.1, 0.15) is 6.33 Å². The van der Waals surface area contributed by atoms with Crippen LogP contribution < -0.4 is 15.5 Å². The summed E-state index contributed by atoms with van der Waals surface area (Å²) in [5, 5.41) is 6.66. The predicted molar refractivity (Wildman–Crippen MR) is 93.7 cm³/mol. The largest absolute Gasteiger partial charge is 0.338 e. The SMILES string of the molecule is c1nc(Nc2ccc3c(c2)CCCS3)nc(N2CCNCC2)n1. The van der Waals surface area contributed by atoms with E-state index in [1.165, 1.54) is 22.6 Å².